The molecule has 66 valence electrons. The summed E-state index contributed by atoms with van der Waals surface area (Å²) < 4.78 is 24.4. The molecule has 4 heteroatoms. The van der Waals surface area contributed by atoms with Gasteiger partial charge in [-0.05, 0) is 18.1 Å². The zero-order chi connectivity index (χ0) is 9.14. The van der Waals surface area contributed by atoms with Gasteiger partial charge in [-0.2, -0.15) is 0 Å². The van der Waals surface area contributed by atoms with Crippen molar-refractivity contribution in [2.75, 3.05) is 0 Å². The van der Waals surface area contributed by atoms with Crippen LogP contribution in [0.2, 0.25) is 0 Å². The maximum absolute atomic E-state index is 12.2. The van der Waals surface area contributed by atoms with Crippen LogP contribution in [0, 0.1) is 6.92 Å². The molecule has 0 spiro atoms. The summed E-state index contributed by atoms with van der Waals surface area (Å²) in [7, 11) is 0. The first-order valence-electron chi connectivity index (χ1n) is 3.44. The Balaban J connectivity index is 3.03. The minimum absolute atomic E-state index is 0.125. The molecule has 1 rings (SSSR count). The van der Waals surface area contributed by atoms with E-state index < -0.39 is 6.43 Å². The summed E-state index contributed by atoms with van der Waals surface area (Å²) in [6.45, 7) is 1.64. The zero-order valence-electron chi connectivity index (χ0n) is 6.52. The molecule has 0 unspecified atom stereocenters. The smallest absolute Gasteiger partial charge is 0.255 e. The van der Waals surface area contributed by atoms with E-state index in [4.69, 9.17) is 0 Å². The molecule has 0 aliphatic rings. The van der Waals surface area contributed by atoms with E-state index in [1.165, 1.54) is 6.20 Å². The number of nitrogens with zero attached hydrogens (tertiary/aromatic N) is 1. The van der Waals surface area contributed by atoms with Crippen LogP contribution in [0.25, 0.3) is 0 Å². The van der Waals surface area contributed by atoms with Crippen LogP contribution in [0.4, 0.5) is 8.78 Å². The van der Waals surface area contributed by atoms with Gasteiger partial charge in [-0.25, -0.2) is 8.78 Å². The van der Waals surface area contributed by atoms with E-state index in [9.17, 15) is 8.78 Å². The van der Waals surface area contributed by atoms with Crippen LogP contribution in [-0.4, -0.2) is 4.98 Å². The van der Waals surface area contributed by atoms with Crippen LogP contribution >= 0.6 is 15.9 Å². The van der Waals surface area contributed by atoms with Gasteiger partial charge in [-0.15, -0.1) is 0 Å². The van der Waals surface area contributed by atoms with Gasteiger partial charge in [0, 0.05) is 11.5 Å². The molecule has 0 amide bonds. The fourth-order valence-corrected chi connectivity index (χ4v) is 1.25. The third-order valence-corrected chi connectivity index (χ3v) is 2.18. The van der Waals surface area contributed by atoms with Crippen molar-refractivity contribution in [3.63, 3.8) is 0 Å². The average molecular weight is 236 g/mol. The number of rotatable bonds is 2. The van der Waals surface area contributed by atoms with E-state index in [-0.39, 0.29) is 5.69 Å². The molecule has 12 heavy (non-hydrogen) atoms. The van der Waals surface area contributed by atoms with E-state index >= 15 is 0 Å². The molecule has 0 saturated heterocycles. The molecule has 0 N–H and O–H groups in total. The first kappa shape index (κ1) is 9.58. The van der Waals surface area contributed by atoms with E-state index in [1.807, 2.05) is 0 Å². The first-order chi connectivity index (χ1) is 5.65. The van der Waals surface area contributed by atoms with Crippen molar-refractivity contribution in [3.05, 3.63) is 29.1 Å². The number of halogens is 3. The molecule has 1 nitrogen and oxygen atoms in total. The van der Waals surface area contributed by atoms with Crippen molar-refractivity contribution in [2.45, 2.75) is 18.7 Å². The second-order valence-corrected chi connectivity index (χ2v) is 3.04. The molecule has 0 aliphatic carbocycles. The Morgan fingerprint density at radius 3 is 2.67 bits per heavy atom. The summed E-state index contributed by atoms with van der Waals surface area (Å²) >= 11 is 3.23. The summed E-state index contributed by atoms with van der Waals surface area (Å²) in [6, 6.07) is 1.71. The van der Waals surface area contributed by atoms with Gasteiger partial charge < -0.3 is 0 Å². The lowest BCUT2D eigenvalue weighted by Gasteiger charge is -2.04. The highest BCUT2D eigenvalue weighted by atomic mass is 79.9. The van der Waals surface area contributed by atoms with E-state index in [2.05, 4.69) is 20.9 Å². The number of hydrogen-bond donors (Lipinski definition) is 0. The normalized spacial score (nSPS) is 10.8. The lowest BCUT2D eigenvalue weighted by Crippen LogP contribution is -1.95. The zero-order valence-corrected chi connectivity index (χ0v) is 8.11. The van der Waals surface area contributed by atoms with Gasteiger partial charge in [0.15, 0.2) is 0 Å². The molecule has 1 aromatic heterocycles. The minimum atomic E-state index is -2.48. The van der Waals surface area contributed by atoms with Crippen LogP contribution in [0.5, 0.6) is 0 Å². The van der Waals surface area contributed by atoms with Gasteiger partial charge in [0.1, 0.15) is 5.69 Å². The predicted molar refractivity (Wildman–Crippen MR) is 46.6 cm³/mol. The third-order valence-electron chi connectivity index (χ3n) is 1.54. The number of pyridine rings is 1. The predicted octanol–water partition coefficient (Wildman–Crippen LogP) is 3.22. The highest BCUT2D eigenvalue weighted by molar-refractivity contribution is 9.08. The molecule has 0 fully saturated rings. The largest absolute Gasteiger partial charge is 0.280 e. The number of aromatic nitrogens is 1. The van der Waals surface area contributed by atoms with E-state index in [0.717, 1.165) is 5.56 Å². The van der Waals surface area contributed by atoms with Crippen molar-refractivity contribution < 1.29 is 8.78 Å². The molecule has 0 radical (unpaired) electrons. The van der Waals surface area contributed by atoms with Gasteiger partial charge in [0.25, 0.3) is 6.43 Å². The lowest BCUT2D eigenvalue weighted by molar-refractivity contribution is 0.145. The average Bonchev–Trinajstić information content (AvgIpc) is 2.03. The summed E-state index contributed by atoms with van der Waals surface area (Å²) in [5.41, 5.74) is 1.33. The van der Waals surface area contributed by atoms with Crippen LogP contribution in [0.15, 0.2) is 12.3 Å². The Bertz CT molecular complexity index is 276. The highest BCUT2D eigenvalue weighted by Crippen LogP contribution is 2.20. The molecule has 0 aliphatic heterocycles. The summed E-state index contributed by atoms with van der Waals surface area (Å²) in [5.74, 6) is 0. The van der Waals surface area contributed by atoms with Crippen molar-refractivity contribution in [3.8, 4) is 0 Å². The van der Waals surface area contributed by atoms with Crippen molar-refractivity contribution in [1.82, 2.24) is 4.98 Å². The highest BCUT2D eigenvalue weighted by Gasteiger charge is 2.11. The maximum Gasteiger partial charge on any atom is 0.280 e. The van der Waals surface area contributed by atoms with Crippen molar-refractivity contribution in [2.24, 2.45) is 0 Å². The fraction of sp³-hybridized carbons (Fsp3) is 0.375. The standard InChI is InChI=1S/C8H8BrF2N/c1-5-2-6(3-9)4-12-7(5)8(10)11/h2,4,8H,3H2,1H3. The molecule has 0 atom stereocenters. The number of aryl methyl sites for hydroxylation is 1. The summed E-state index contributed by atoms with van der Waals surface area (Å²) in [4.78, 5) is 3.67. The number of hydrogen-bond acceptors (Lipinski definition) is 1. The first-order valence-corrected chi connectivity index (χ1v) is 4.57. The van der Waals surface area contributed by atoms with Gasteiger partial charge in [0.05, 0.1) is 0 Å². The Hall–Kier alpha value is -0.510. The fourth-order valence-electron chi connectivity index (χ4n) is 0.945. The van der Waals surface area contributed by atoms with Gasteiger partial charge in [0.2, 0.25) is 0 Å². The second kappa shape index (κ2) is 3.94. The van der Waals surface area contributed by atoms with Gasteiger partial charge in [-0.1, -0.05) is 22.0 Å². The molecule has 1 heterocycles. The quantitative estimate of drug-likeness (QED) is 0.718. The maximum atomic E-state index is 12.2. The Morgan fingerprint density at radius 1 is 1.58 bits per heavy atom. The molecule has 0 aromatic carbocycles. The van der Waals surface area contributed by atoms with Crippen LogP contribution < -0.4 is 0 Å². The minimum Gasteiger partial charge on any atom is -0.255 e. The molecule has 1 aromatic rings. The summed E-state index contributed by atoms with van der Waals surface area (Å²) in [6.07, 6.45) is -1.02. The van der Waals surface area contributed by atoms with Crippen molar-refractivity contribution >= 4 is 15.9 Å². The van der Waals surface area contributed by atoms with Crippen LogP contribution in [0.1, 0.15) is 23.2 Å². The molecular formula is C8H8BrF2N. The SMILES string of the molecule is Cc1cc(CBr)cnc1C(F)F. The van der Waals surface area contributed by atoms with E-state index in [1.54, 1.807) is 13.0 Å². The van der Waals surface area contributed by atoms with Gasteiger partial charge in [-0.3, -0.25) is 4.98 Å². The Morgan fingerprint density at radius 2 is 2.25 bits per heavy atom. The lowest BCUT2D eigenvalue weighted by atomic mass is 10.2. The topological polar surface area (TPSA) is 12.9 Å². The molecule has 0 bridgehead atoms. The van der Waals surface area contributed by atoms with E-state index in [0.29, 0.717) is 10.9 Å². The van der Waals surface area contributed by atoms with Crippen LogP contribution in [-0.2, 0) is 5.33 Å². The molecule has 0 saturated carbocycles. The second-order valence-electron chi connectivity index (χ2n) is 2.48. The third kappa shape index (κ3) is 2.00. The number of alkyl halides is 3. The Labute approximate surface area is 77.9 Å². The van der Waals surface area contributed by atoms with Crippen molar-refractivity contribution in [1.29, 1.82) is 0 Å². The van der Waals surface area contributed by atoms with Crippen LogP contribution in [0.3, 0.4) is 0 Å². The summed E-state index contributed by atoms with van der Waals surface area (Å²) in [5, 5.41) is 0.643. The monoisotopic (exact) mass is 235 g/mol. The Kier molecular flexibility index (Phi) is 3.14. The van der Waals surface area contributed by atoms with Gasteiger partial charge >= 0.3 is 0 Å². The molecular weight excluding hydrogens is 228 g/mol.